The van der Waals surface area contributed by atoms with E-state index in [0.29, 0.717) is 5.92 Å². The van der Waals surface area contributed by atoms with E-state index in [9.17, 15) is 0 Å². The van der Waals surface area contributed by atoms with E-state index < -0.39 is 0 Å². The zero-order chi connectivity index (χ0) is 25.1. The molecule has 3 heterocycles. The maximum atomic E-state index is 2.72. The summed E-state index contributed by atoms with van der Waals surface area (Å²) in [6.07, 6.45) is 9.58. The number of hydrogen-bond donors (Lipinski definition) is 0. The van der Waals surface area contributed by atoms with E-state index in [1.54, 1.807) is 16.0 Å². The molecular formula is C34H34N2S. The monoisotopic (exact) mass is 502 g/mol. The number of aryl methyl sites for hydroxylation is 2. The lowest BCUT2D eigenvalue weighted by Gasteiger charge is -2.35. The fourth-order valence-corrected chi connectivity index (χ4v) is 8.27. The zero-order valence-corrected chi connectivity index (χ0v) is 22.8. The average Bonchev–Trinajstić information content (AvgIpc) is 3.55. The second kappa shape index (κ2) is 8.92. The van der Waals surface area contributed by atoms with Gasteiger partial charge in [0.15, 0.2) is 0 Å². The highest BCUT2D eigenvalue weighted by molar-refractivity contribution is 7.12. The summed E-state index contributed by atoms with van der Waals surface area (Å²) in [7, 11) is 0. The van der Waals surface area contributed by atoms with Gasteiger partial charge in [-0.15, -0.1) is 11.3 Å². The molecule has 0 saturated heterocycles. The molecule has 3 aliphatic rings. The molecular weight excluding hydrogens is 468 g/mol. The molecule has 0 fully saturated rings. The number of anilines is 3. The van der Waals surface area contributed by atoms with Gasteiger partial charge in [0.2, 0.25) is 0 Å². The quantitative estimate of drug-likeness (QED) is 0.256. The third-order valence-electron chi connectivity index (χ3n) is 8.56. The van der Waals surface area contributed by atoms with Crippen molar-refractivity contribution >= 4 is 28.4 Å². The first-order chi connectivity index (χ1) is 18.2. The van der Waals surface area contributed by atoms with Crippen molar-refractivity contribution in [2.24, 2.45) is 0 Å². The first kappa shape index (κ1) is 22.9. The van der Waals surface area contributed by atoms with Crippen molar-refractivity contribution in [1.82, 2.24) is 0 Å². The van der Waals surface area contributed by atoms with Gasteiger partial charge >= 0.3 is 0 Å². The number of fused-ring (bicyclic) bond motifs is 5. The van der Waals surface area contributed by atoms with Gasteiger partial charge < -0.3 is 9.80 Å². The summed E-state index contributed by atoms with van der Waals surface area (Å²) in [4.78, 5) is 8.43. The predicted octanol–water partition coefficient (Wildman–Crippen LogP) is 9.59. The van der Waals surface area contributed by atoms with Gasteiger partial charge in [0, 0.05) is 20.9 Å². The molecule has 1 aromatic heterocycles. The summed E-state index contributed by atoms with van der Waals surface area (Å²) in [6, 6.07) is 25.1. The second-order valence-corrected chi connectivity index (χ2v) is 12.1. The molecule has 186 valence electrons. The minimum absolute atomic E-state index is 0.218. The molecule has 0 radical (unpaired) electrons. The third-order valence-corrected chi connectivity index (χ3v) is 9.71. The van der Waals surface area contributed by atoms with Crippen LogP contribution in [0.3, 0.4) is 0 Å². The molecule has 2 atom stereocenters. The van der Waals surface area contributed by atoms with Gasteiger partial charge in [-0.1, -0.05) is 73.2 Å². The molecule has 37 heavy (non-hydrogen) atoms. The lowest BCUT2D eigenvalue weighted by Crippen LogP contribution is -2.29. The molecule has 4 aromatic rings. The number of benzene rings is 3. The van der Waals surface area contributed by atoms with Crippen LogP contribution >= 0.6 is 11.3 Å². The lowest BCUT2D eigenvalue weighted by atomic mass is 9.83. The summed E-state index contributed by atoms with van der Waals surface area (Å²) in [5.74, 6) is 0.541. The van der Waals surface area contributed by atoms with Crippen LogP contribution in [0.2, 0.25) is 0 Å². The molecule has 3 heteroatoms. The minimum Gasteiger partial charge on any atom is -0.340 e. The second-order valence-electron chi connectivity index (χ2n) is 10.8. The van der Waals surface area contributed by atoms with Crippen molar-refractivity contribution in [3.63, 3.8) is 0 Å². The molecule has 0 spiro atoms. The molecule has 0 saturated carbocycles. The number of nitrogens with zero attached hydrogens (tertiary/aromatic N) is 2. The van der Waals surface area contributed by atoms with Crippen molar-refractivity contribution in [3.8, 4) is 11.1 Å². The Balaban J connectivity index is 1.53. The van der Waals surface area contributed by atoms with E-state index in [4.69, 9.17) is 0 Å². The fourth-order valence-electron chi connectivity index (χ4n) is 6.98. The molecule has 0 N–H and O–H groups in total. The highest BCUT2D eigenvalue weighted by atomic mass is 32.1. The zero-order valence-electron chi connectivity index (χ0n) is 22.0. The SMILES string of the molecule is CCc1c(C)sc2c1C1N(C2)c2ccccc2N1c1c(-c2ccccc2)cc(C)cc1C1CC=CCC1. The summed E-state index contributed by atoms with van der Waals surface area (Å²) in [5.41, 5.74) is 12.8. The van der Waals surface area contributed by atoms with Gasteiger partial charge in [-0.2, -0.15) is 0 Å². The largest absolute Gasteiger partial charge is 0.340 e. The van der Waals surface area contributed by atoms with Crippen LogP contribution in [0.5, 0.6) is 0 Å². The van der Waals surface area contributed by atoms with Crippen LogP contribution in [-0.2, 0) is 13.0 Å². The van der Waals surface area contributed by atoms with E-state index in [1.165, 1.54) is 57.0 Å². The van der Waals surface area contributed by atoms with Crippen LogP contribution in [0, 0.1) is 13.8 Å². The summed E-state index contributed by atoms with van der Waals surface area (Å²) < 4.78 is 0. The standard InChI is InChI=1S/C34H34N2S/c1-4-26-23(3)37-31-21-35-29-17-11-12-18-30(29)36(34(35)32(26)31)33-27(24-13-7-5-8-14-24)19-22(2)20-28(33)25-15-9-6-10-16-25/h5-9,11-14,17-20,25,34H,4,10,15-16,21H2,1-3H3. The topological polar surface area (TPSA) is 6.48 Å². The Hall–Kier alpha value is -3.30. The van der Waals surface area contributed by atoms with E-state index in [-0.39, 0.29) is 6.17 Å². The van der Waals surface area contributed by atoms with Gasteiger partial charge in [-0.05, 0) is 80.3 Å². The highest BCUT2D eigenvalue weighted by Crippen LogP contribution is 2.59. The normalized spacial score (nSPS) is 19.8. The van der Waals surface area contributed by atoms with Crippen LogP contribution in [-0.4, -0.2) is 0 Å². The van der Waals surface area contributed by atoms with Crippen LogP contribution in [0.4, 0.5) is 17.1 Å². The summed E-state index contributed by atoms with van der Waals surface area (Å²) >= 11 is 2.01. The Labute approximate surface area is 224 Å². The molecule has 7 rings (SSSR count). The molecule has 3 aromatic carbocycles. The maximum Gasteiger partial charge on any atom is 0.134 e. The van der Waals surface area contributed by atoms with Gasteiger partial charge in [-0.25, -0.2) is 0 Å². The summed E-state index contributed by atoms with van der Waals surface area (Å²) in [5, 5.41) is 0. The lowest BCUT2D eigenvalue weighted by molar-refractivity contribution is 0.612. The molecule has 0 amide bonds. The van der Waals surface area contributed by atoms with Crippen LogP contribution in [0.1, 0.15) is 70.3 Å². The Morgan fingerprint density at radius 2 is 1.70 bits per heavy atom. The van der Waals surface area contributed by atoms with Crippen molar-refractivity contribution in [1.29, 1.82) is 0 Å². The Bertz CT molecular complexity index is 1510. The average molecular weight is 503 g/mol. The molecule has 2 nitrogen and oxygen atoms in total. The highest BCUT2D eigenvalue weighted by Gasteiger charge is 2.46. The molecule has 2 unspecified atom stereocenters. The van der Waals surface area contributed by atoms with Crippen molar-refractivity contribution in [3.05, 3.63) is 111 Å². The third kappa shape index (κ3) is 3.51. The Kier molecular flexibility index (Phi) is 5.51. The minimum atomic E-state index is 0.218. The number of allylic oxidation sites excluding steroid dienone is 2. The molecule has 0 bridgehead atoms. The number of rotatable bonds is 4. The van der Waals surface area contributed by atoms with E-state index >= 15 is 0 Å². The van der Waals surface area contributed by atoms with Gasteiger partial charge in [0.25, 0.3) is 0 Å². The van der Waals surface area contributed by atoms with Crippen molar-refractivity contribution < 1.29 is 0 Å². The van der Waals surface area contributed by atoms with E-state index in [2.05, 4.69) is 109 Å². The van der Waals surface area contributed by atoms with Gasteiger partial charge in [0.05, 0.1) is 23.6 Å². The molecule has 2 aliphatic heterocycles. The van der Waals surface area contributed by atoms with E-state index in [0.717, 1.165) is 19.4 Å². The first-order valence-electron chi connectivity index (χ1n) is 13.8. The van der Waals surface area contributed by atoms with Crippen LogP contribution < -0.4 is 9.80 Å². The smallest absolute Gasteiger partial charge is 0.134 e. The Morgan fingerprint density at radius 3 is 2.46 bits per heavy atom. The number of hydrogen-bond acceptors (Lipinski definition) is 3. The van der Waals surface area contributed by atoms with Gasteiger partial charge in [0.1, 0.15) is 6.17 Å². The van der Waals surface area contributed by atoms with Crippen LogP contribution in [0.15, 0.2) is 78.9 Å². The summed E-state index contributed by atoms with van der Waals surface area (Å²) in [6.45, 7) is 7.92. The Morgan fingerprint density at radius 1 is 0.919 bits per heavy atom. The molecule has 1 aliphatic carbocycles. The predicted molar refractivity (Wildman–Crippen MR) is 158 cm³/mol. The van der Waals surface area contributed by atoms with Crippen LogP contribution in [0.25, 0.3) is 11.1 Å². The van der Waals surface area contributed by atoms with Crippen molar-refractivity contribution in [2.45, 2.75) is 65.1 Å². The first-order valence-corrected chi connectivity index (χ1v) is 14.6. The number of thiophene rings is 1. The van der Waals surface area contributed by atoms with Crippen molar-refractivity contribution in [2.75, 3.05) is 9.80 Å². The number of para-hydroxylation sites is 2. The fraction of sp³-hybridized carbons (Fsp3) is 0.294. The van der Waals surface area contributed by atoms with Gasteiger partial charge in [-0.3, -0.25) is 0 Å². The maximum absolute atomic E-state index is 2.72. The van der Waals surface area contributed by atoms with E-state index in [1.807, 2.05) is 11.3 Å².